The number of benzene rings is 2. The SMILES string of the molecule is CCO[C@@H]1C(=O)N(c2ccc(OC)cc2)[C@@H]1c1ccccc1. The standard InChI is InChI=1S/C18H19NO3/c1-3-22-17-16(13-7-5-4-6-8-13)19(18(17)20)14-9-11-15(21-2)12-10-14/h4-12,16-17H,3H2,1-2H3/t16-,17+/m1/s1. The van der Waals surface area contributed by atoms with Gasteiger partial charge in [0, 0.05) is 12.3 Å². The van der Waals surface area contributed by atoms with Crippen molar-refractivity contribution >= 4 is 11.6 Å². The summed E-state index contributed by atoms with van der Waals surface area (Å²) in [6, 6.07) is 17.4. The Hall–Kier alpha value is -2.33. The third-order valence-electron chi connectivity index (χ3n) is 3.88. The van der Waals surface area contributed by atoms with Gasteiger partial charge in [-0.05, 0) is 36.8 Å². The van der Waals surface area contributed by atoms with Crippen LogP contribution < -0.4 is 9.64 Å². The van der Waals surface area contributed by atoms with Crippen LogP contribution >= 0.6 is 0 Å². The van der Waals surface area contributed by atoms with E-state index in [2.05, 4.69) is 0 Å². The smallest absolute Gasteiger partial charge is 0.259 e. The minimum atomic E-state index is -0.408. The largest absolute Gasteiger partial charge is 0.497 e. The summed E-state index contributed by atoms with van der Waals surface area (Å²) in [7, 11) is 1.63. The second-order valence-corrected chi connectivity index (χ2v) is 5.14. The first-order chi connectivity index (χ1) is 10.8. The molecule has 114 valence electrons. The molecule has 2 aromatic rings. The number of anilines is 1. The Kier molecular flexibility index (Phi) is 4.11. The number of methoxy groups -OCH3 is 1. The molecule has 1 saturated heterocycles. The first-order valence-electron chi connectivity index (χ1n) is 7.40. The highest BCUT2D eigenvalue weighted by Gasteiger charge is 2.49. The number of β-lactam (4-membered cyclic amide) rings is 1. The van der Waals surface area contributed by atoms with Gasteiger partial charge in [0.15, 0.2) is 6.10 Å². The predicted octanol–water partition coefficient (Wildman–Crippen LogP) is 3.19. The number of carbonyl (C=O) groups is 1. The van der Waals surface area contributed by atoms with E-state index in [1.165, 1.54) is 0 Å². The molecule has 4 nitrogen and oxygen atoms in total. The summed E-state index contributed by atoms with van der Waals surface area (Å²) in [6.07, 6.45) is -0.408. The highest BCUT2D eigenvalue weighted by atomic mass is 16.5. The molecular formula is C18H19NO3. The molecular weight excluding hydrogens is 278 g/mol. The van der Waals surface area contributed by atoms with Crippen LogP contribution in [0.25, 0.3) is 0 Å². The topological polar surface area (TPSA) is 38.8 Å². The van der Waals surface area contributed by atoms with Gasteiger partial charge in [0.25, 0.3) is 5.91 Å². The maximum atomic E-state index is 12.5. The molecule has 0 aromatic heterocycles. The monoisotopic (exact) mass is 297 g/mol. The Bertz CT molecular complexity index is 639. The molecule has 1 aliphatic heterocycles. The molecule has 2 aromatic carbocycles. The fraction of sp³-hybridized carbons (Fsp3) is 0.278. The molecule has 0 bridgehead atoms. The van der Waals surface area contributed by atoms with Gasteiger partial charge in [-0.3, -0.25) is 9.69 Å². The molecule has 0 radical (unpaired) electrons. The molecule has 1 fully saturated rings. The van der Waals surface area contributed by atoms with Gasteiger partial charge in [0.05, 0.1) is 13.2 Å². The van der Waals surface area contributed by atoms with Crippen LogP contribution in [0.15, 0.2) is 54.6 Å². The van der Waals surface area contributed by atoms with Crippen molar-refractivity contribution in [3.8, 4) is 5.75 Å². The molecule has 1 heterocycles. The third-order valence-corrected chi connectivity index (χ3v) is 3.88. The Morgan fingerprint density at radius 2 is 1.73 bits per heavy atom. The molecule has 0 N–H and O–H groups in total. The Labute approximate surface area is 130 Å². The summed E-state index contributed by atoms with van der Waals surface area (Å²) in [6.45, 7) is 2.43. The van der Waals surface area contributed by atoms with E-state index in [1.807, 2.05) is 61.5 Å². The lowest BCUT2D eigenvalue weighted by molar-refractivity contribution is -0.142. The highest BCUT2D eigenvalue weighted by Crippen LogP contribution is 2.41. The van der Waals surface area contributed by atoms with Gasteiger partial charge in [-0.2, -0.15) is 0 Å². The van der Waals surface area contributed by atoms with E-state index in [1.54, 1.807) is 12.0 Å². The molecule has 4 heteroatoms. The second-order valence-electron chi connectivity index (χ2n) is 5.14. The van der Waals surface area contributed by atoms with Gasteiger partial charge in [0.2, 0.25) is 0 Å². The fourth-order valence-corrected chi connectivity index (χ4v) is 2.81. The van der Waals surface area contributed by atoms with Gasteiger partial charge in [-0.25, -0.2) is 0 Å². The van der Waals surface area contributed by atoms with Crippen LogP contribution in [-0.4, -0.2) is 25.7 Å². The summed E-state index contributed by atoms with van der Waals surface area (Å²) < 4.78 is 10.8. The Balaban J connectivity index is 1.92. The van der Waals surface area contributed by atoms with Gasteiger partial charge < -0.3 is 9.47 Å². The maximum Gasteiger partial charge on any atom is 0.259 e. The van der Waals surface area contributed by atoms with E-state index in [4.69, 9.17) is 9.47 Å². The molecule has 3 rings (SSSR count). The van der Waals surface area contributed by atoms with Crippen molar-refractivity contribution in [2.45, 2.75) is 19.1 Å². The van der Waals surface area contributed by atoms with Gasteiger partial charge in [-0.1, -0.05) is 30.3 Å². The van der Waals surface area contributed by atoms with Crippen molar-refractivity contribution < 1.29 is 14.3 Å². The number of amides is 1. The van der Waals surface area contributed by atoms with Crippen molar-refractivity contribution in [3.63, 3.8) is 0 Å². The van der Waals surface area contributed by atoms with Crippen molar-refractivity contribution in [1.82, 2.24) is 0 Å². The van der Waals surface area contributed by atoms with Gasteiger partial charge in [0.1, 0.15) is 5.75 Å². The lowest BCUT2D eigenvalue weighted by Crippen LogP contribution is -2.60. The number of carbonyl (C=O) groups excluding carboxylic acids is 1. The zero-order valence-electron chi connectivity index (χ0n) is 12.7. The molecule has 0 unspecified atom stereocenters. The number of hydrogen-bond donors (Lipinski definition) is 0. The minimum absolute atomic E-state index is 0.000805. The third kappa shape index (κ3) is 2.46. The molecule has 0 spiro atoms. The van der Waals surface area contributed by atoms with Crippen LogP contribution in [0.2, 0.25) is 0 Å². The van der Waals surface area contributed by atoms with Crippen LogP contribution in [0.1, 0.15) is 18.5 Å². The Morgan fingerprint density at radius 3 is 2.32 bits per heavy atom. The molecule has 0 aliphatic carbocycles. The van der Waals surface area contributed by atoms with E-state index >= 15 is 0 Å². The van der Waals surface area contributed by atoms with Crippen molar-refractivity contribution in [1.29, 1.82) is 0 Å². The molecule has 0 saturated carbocycles. The van der Waals surface area contributed by atoms with Crippen molar-refractivity contribution in [2.24, 2.45) is 0 Å². The summed E-state index contributed by atoms with van der Waals surface area (Å²) in [4.78, 5) is 14.2. The summed E-state index contributed by atoms with van der Waals surface area (Å²) in [5.74, 6) is 0.773. The number of nitrogens with zero attached hydrogens (tertiary/aromatic N) is 1. The number of rotatable bonds is 5. The van der Waals surface area contributed by atoms with Crippen LogP contribution in [0.5, 0.6) is 5.75 Å². The van der Waals surface area contributed by atoms with E-state index < -0.39 is 6.10 Å². The van der Waals surface area contributed by atoms with Crippen LogP contribution in [0, 0.1) is 0 Å². The fourth-order valence-electron chi connectivity index (χ4n) is 2.81. The van der Waals surface area contributed by atoms with E-state index in [-0.39, 0.29) is 11.9 Å². The summed E-state index contributed by atoms with van der Waals surface area (Å²) >= 11 is 0. The maximum absolute atomic E-state index is 12.5. The average molecular weight is 297 g/mol. The molecule has 1 amide bonds. The lowest BCUT2D eigenvalue weighted by atomic mass is 9.89. The average Bonchev–Trinajstić information content (AvgIpc) is 2.58. The molecule has 1 aliphatic rings. The summed E-state index contributed by atoms with van der Waals surface area (Å²) in [5, 5.41) is 0. The zero-order valence-corrected chi connectivity index (χ0v) is 12.7. The van der Waals surface area contributed by atoms with E-state index in [0.29, 0.717) is 6.61 Å². The van der Waals surface area contributed by atoms with E-state index in [0.717, 1.165) is 17.0 Å². The Morgan fingerprint density at radius 1 is 1.05 bits per heavy atom. The van der Waals surface area contributed by atoms with Gasteiger partial charge >= 0.3 is 0 Å². The first kappa shape index (κ1) is 14.6. The van der Waals surface area contributed by atoms with Crippen LogP contribution in [-0.2, 0) is 9.53 Å². The normalized spacial score (nSPS) is 20.6. The van der Waals surface area contributed by atoms with E-state index in [9.17, 15) is 4.79 Å². The van der Waals surface area contributed by atoms with Crippen molar-refractivity contribution in [2.75, 3.05) is 18.6 Å². The zero-order chi connectivity index (χ0) is 15.5. The quantitative estimate of drug-likeness (QED) is 0.796. The molecule has 2 atom stereocenters. The second kappa shape index (κ2) is 6.20. The number of hydrogen-bond acceptors (Lipinski definition) is 3. The predicted molar refractivity (Wildman–Crippen MR) is 85.1 cm³/mol. The van der Waals surface area contributed by atoms with Crippen LogP contribution in [0.3, 0.4) is 0 Å². The first-order valence-corrected chi connectivity index (χ1v) is 7.40. The lowest BCUT2D eigenvalue weighted by Gasteiger charge is -2.46. The van der Waals surface area contributed by atoms with Gasteiger partial charge in [-0.15, -0.1) is 0 Å². The van der Waals surface area contributed by atoms with Crippen molar-refractivity contribution in [3.05, 3.63) is 60.2 Å². The summed E-state index contributed by atoms with van der Waals surface area (Å²) in [5.41, 5.74) is 1.94. The molecule has 22 heavy (non-hydrogen) atoms. The minimum Gasteiger partial charge on any atom is -0.497 e. The van der Waals surface area contributed by atoms with Crippen LogP contribution in [0.4, 0.5) is 5.69 Å². The highest BCUT2D eigenvalue weighted by molar-refractivity contribution is 6.05. The number of ether oxygens (including phenoxy) is 2.